The van der Waals surface area contributed by atoms with Gasteiger partial charge in [0.05, 0.1) is 10.5 Å². The first kappa shape index (κ1) is 17.0. The molecule has 1 amide bonds. The van der Waals surface area contributed by atoms with E-state index in [1.54, 1.807) is 0 Å². The molecule has 1 N–H and O–H groups in total. The number of likely N-dealkylation sites (N-methyl/N-ethyl adjacent to an activating group) is 1. The Morgan fingerprint density at radius 1 is 1.43 bits per heavy atom. The van der Waals surface area contributed by atoms with E-state index in [1.807, 2.05) is 20.8 Å². The molecule has 116 valence electrons. The molecule has 6 nitrogen and oxygen atoms in total. The highest BCUT2D eigenvalue weighted by Crippen LogP contribution is 2.16. The van der Waals surface area contributed by atoms with Crippen molar-refractivity contribution < 1.29 is 14.1 Å². The van der Waals surface area contributed by atoms with Gasteiger partial charge >= 0.3 is 0 Å². The van der Waals surface area contributed by atoms with Gasteiger partial charge in [0.2, 0.25) is 0 Å². The lowest BCUT2D eigenvalue weighted by molar-refractivity contribution is -0.384. The first-order chi connectivity index (χ1) is 9.88. The largest absolute Gasteiger partial charge is 0.348 e. The molecule has 0 aromatic heterocycles. The van der Waals surface area contributed by atoms with Crippen molar-refractivity contribution in [2.24, 2.45) is 0 Å². The zero-order valence-corrected chi connectivity index (χ0v) is 12.4. The van der Waals surface area contributed by atoms with Crippen LogP contribution in [-0.4, -0.2) is 41.4 Å². The number of hydrogen-bond acceptors (Lipinski definition) is 4. The number of carbonyl (C=O) groups is 1. The lowest BCUT2D eigenvalue weighted by Gasteiger charge is -2.23. The molecule has 0 radical (unpaired) electrons. The summed E-state index contributed by atoms with van der Waals surface area (Å²) in [4.78, 5) is 24.2. The summed E-state index contributed by atoms with van der Waals surface area (Å²) in [6, 6.07) is 2.73. The van der Waals surface area contributed by atoms with Crippen molar-refractivity contribution in [3.63, 3.8) is 0 Å². The van der Waals surface area contributed by atoms with Crippen molar-refractivity contribution in [2.75, 3.05) is 19.6 Å². The fraction of sp³-hybridized carbons (Fsp3) is 0.500. The van der Waals surface area contributed by atoms with Gasteiger partial charge in [-0.1, -0.05) is 13.8 Å². The Kier molecular flexibility index (Phi) is 6.23. The van der Waals surface area contributed by atoms with Crippen LogP contribution in [0.2, 0.25) is 0 Å². The second-order valence-electron chi connectivity index (χ2n) is 4.78. The van der Waals surface area contributed by atoms with Crippen LogP contribution < -0.4 is 5.32 Å². The molecule has 0 saturated heterocycles. The van der Waals surface area contributed by atoms with Gasteiger partial charge < -0.3 is 10.2 Å². The van der Waals surface area contributed by atoms with Crippen molar-refractivity contribution in [2.45, 2.75) is 26.8 Å². The molecule has 1 aromatic carbocycles. The predicted octanol–water partition coefficient (Wildman–Crippen LogP) is 2.19. The van der Waals surface area contributed by atoms with E-state index in [9.17, 15) is 19.3 Å². The number of amides is 1. The van der Waals surface area contributed by atoms with Crippen LogP contribution in [0.3, 0.4) is 0 Å². The van der Waals surface area contributed by atoms with E-state index >= 15 is 0 Å². The second kappa shape index (κ2) is 7.68. The third-order valence-corrected chi connectivity index (χ3v) is 3.21. The van der Waals surface area contributed by atoms with E-state index in [2.05, 4.69) is 10.2 Å². The van der Waals surface area contributed by atoms with E-state index in [4.69, 9.17) is 0 Å². The van der Waals surface area contributed by atoms with E-state index in [0.717, 1.165) is 31.3 Å². The Hall–Kier alpha value is -2.02. The molecule has 0 aliphatic carbocycles. The first-order valence-corrected chi connectivity index (χ1v) is 6.86. The number of nitro groups is 1. The molecule has 0 fully saturated rings. The van der Waals surface area contributed by atoms with Crippen molar-refractivity contribution >= 4 is 11.6 Å². The van der Waals surface area contributed by atoms with Gasteiger partial charge in [0.25, 0.3) is 11.6 Å². The Morgan fingerprint density at radius 2 is 2.05 bits per heavy atom. The van der Waals surface area contributed by atoms with E-state index in [0.29, 0.717) is 6.54 Å². The number of nitrogens with one attached hydrogen (secondary N) is 1. The number of nitrogens with zero attached hydrogens (tertiary/aromatic N) is 2. The van der Waals surface area contributed by atoms with Crippen molar-refractivity contribution in [3.05, 3.63) is 39.7 Å². The van der Waals surface area contributed by atoms with Crippen LogP contribution in [0.1, 0.15) is 31.1 Å². The Balaban J connectivity index is 2.79. The molecule has 0 saturated carbocycles. The minimum Gasteiger partial charge on any atom is -0.348 e. The molecular weight excluding hydrogens is 277 g/mol. The third kappa shape index (κ3) is 4.78. The van der Waals surface area contributed by atoms with Crippen LogP contribution in [0.25, 0.3) is 0 Å². The summed E-state index contributed by atoms with van der Waals surface area (Å²) in [6.45, 7) is 8.17. The van der Waals surface area contributed by atoms with E-state index in [1.165, 1.54) is 0 Å². The lowest BCUT2D eigenvalue weighted by Crippen LogP contribution is -2.42. The molecule has 0 bridgehead atoms. The molecule has 21 heavy (non-hydrogen) atoms. The SMILES string of the molecule is CCN(CC)CC(C)NC(=O)c1cc([N+](=O)[O-])ccc1F. The molecule has 0 aliphatic heterocycles. The van der Waals surface area contributed by atoms with Crippen LogP contribution >= 0.6 is 0 Å². The fourth-order valence-electron chi connectivity index (χ4n) is 2.02. The first-order valence-electron chi connectivity index (χ1n) is 6.86. The molecule has 7 heteroatoms. The summed E-state index contributed by atoms with van der Waals surface area (Å²) in [5, 5.41) is 13.3. The number of nitro benzene ring substituents is 1. The Labute approximate surface area is 123 Å². The van der Waals surface area contributed by atoms with Crippen LogP contribution in [0, 0.1) is 15.9 Å². The van der Waals surface area contributed by atoms with Gasteiger partial charge in [-0.05, 0) is 26.1 Å². The van der Waals surface area contributed by atoms with Crippen molar-refractivity contribution in [3.8, 4) is 0 Å². The average Bonchev–Trinajstić information content (AvgIpc) is 2.44. The maximum absolute atomic E-state index is 13.6. The summed E-state index contributed by atoms with van der Waals surface area (Å²) >= 11 is 0. The Morgan fingerprint density at radius 3 is 2.57 bits per heavy atom. The summed E-state index contributed by atoms with van der Waals surface area (Å²) in [7, 11) is 0. The molecule has 1 rings (SSSR count). The van der Waals surface area contributed by atoms with E-state index in [-0.39, 0.29) is 17.3 Å². The molecular formula is C14H20FN3O3. The maximum atomic E-state index is 13.6. The van der Waals surface area contributed by atoms with Crippen LogP contribution in [-0.2, 0) is 0 Å². The van der Waals surface area contributed by atoms with Gasteiger partial charge in [0, 0.05) is 24.7 Å². The molecule has 1 aromatic rings. The van der Waals surface area contributed by atoms with Crippen LogP contribution in [0.4, 0.5) is 10.1 Å². The smallest absolute Gasteiger partial charge is 0.270 e. The number of hydrogen-bond donors (Lipinski definition) is 1. The van der Waals surface area contributed by atoms with Gasteiger partial charge in [-0.25, -0.2) is 4.39 Å². The summed E-state index contributed by atoms with van der Waals surface area (Å²) in [5.41, 5.74) is -0.617. The van der Waals surface area contributed by atoms with Gasteiger partial charge in [0.15, 0.2) is 0 Å². The van der Waals surface area contributed by atoms with Crippen molar-refractivity contribution in [1.29, 1.82) is 0 Å². The predicted molar refractivity (Wildman–Crippen MR) is 77.8 cm³/mol. The van der Waals surface area contributed by atoms with Crippen molar-refractivity contribution in [1.82, 2.24) is 10.2 Å². The fourth-order valence-corrected chi connectivity index (χ4v) is 2.02. The molecule has 0 aliphatic rings. The van der Waals surface area contributed by atoms with Gasteiger partial charge in [-0.15, -0.1) is 0 Å². The number of carbonyl (C=O) groups excluding carboxylic acids is 1. The second-order valence-corrected chi connectivity index (χ2v) is 4.78. The normalized spacial score (nSPS) is 12.2. The Bertz CT molecular complexity index is 518. The quantitative estimate of drug-likeness (QED) is 0.618. The lowest BCUT2D eigenvalue weighted by atomic mass is 10.1. The number of rotatable bonds is 7. The number of benzene rings is 1. The minimum atomic E-state index is -0.770. The monoisotopic (exact) mass is 297 g/mol. The minimum absolute atomic E-state index is 0.184. The molecule has 1 atom stereocenters. The summed E-state index contributed by atoms with van der Waals surface area (Å²) in [6.07, 6.45) is 0. The summed E-state index contributed by atoms with van der Waals surface area (Å²) < 4.78 is 13.6. The highest BCUT2D eigenvalue weighted by Gasteiger charge is 2.19. The van der Waals surface area contributed by atoms with Gasteiger partial charge in [0.1, 0.15) is 5.82 Å². The zero-order valence-electron chi connectivity index (χ0n) is 12.4. The third-order valence-electron chi connectivity index (χ3n) is 3.21. The zero-order chi connectivity index (χ0) is 16.0. The number of non-ortho nitro benzene ring substituents is 1. The van der Waals surface area contributed by atoms with Gasteiger partial charge in [-0.2, -0.15) is 0 Å². The standard InChI is InChI=1S/C14H20FN3O3/c1-4-17(5-2)9-10(3)16-14(19)12-8-11(18(20)21)6-7-13(12)15/h6-8,10H,4-5,9H2,1-3H3,(H,16,19). The van der Waals surface area contributed by atoms with E-state index < -0.39 is 16.6 Å². The topological polar surface area (TPSA) is 75.5 Å². The average molecular weight is 297 g/mol. The molecule has 1 unspecified atom stereocenters. The molecule has 0 spiro atoms. The van der Waals surface area contributed by atoms with Crippen LogP contribution in [0.15, 0.2) is 18.2 Å². The highest BCUT2D eigenvalue weighted by molar-refractivity contribution is 5.95. The maximum Gasteiger partial charge on any atom is 0.270 e. The summed E-state index contributed by atoms with van der Waals surface area (Å²) in [5.74, 6) is -1.41. The molecule has 0 heterocycles. The highest BCUT2D eigenvalue weighted by atomic mass is 19.1. The van der Waals surface area contributed by atoms with Crippen LogP contribution in [0.5, 0.6) is 0 Å². The van der Waals surface area contributed by atoms with Gasteiger partial charge in [-0.3, -0.25) is 14.9 Å². The number of halogens is 1.